The van der Waals surface area contributed by atoms with E-state index in [4.69, 9.17) is 31.4 Å². The van der Waals surface area contributed by atoms with E-state index in [0.29, 0.717) is 23.3 Å². The molecule has 0 fully saturated rings. The predicted molar refractivity (Wildman–Crippen MR) is 166 cm³/mol. The van der Waals surface area contributed by atoms with E-state index >= 15 is 0 Å². The molecule has 0 amide bonds. The number of hydrogen-bond donors (Lipinski definition) is 1. The van der Waals surface area contributed by atoms with E-state index in [0.717, 1.165) is 51.1 Å². The van der Waals surface area contributed by atoms with Crippen molar-refractivity contribution < 1.29 is 4.74 Å². The summed E-state index contributed by atoms with van der Waals surface area (Å²) < 4.78 is 7.69. The summed E-state index contributed by atoms with van der Waals surface area (Å²) in [5.74, 6) is 2.94. The second-order valence-electron chi connectivity index (χ2n) is 9.86. The van der Waals surface area contributed by atoms with E-state index in [1.54, 1.807) is 0 Å². The van der Waals surface area contributed by atoms with Crippen LogP contribution in [0.15, 0.2) is 113 Å². The van der Waals surface area contributed by atoms with Crippen molar-refractivity contribution in [2.75, 3.05) is 16.8 Å². The summed E-state index contributed by atoms with van der Waals surface area (Å²) in [4.78, 5) is 12.6. The normalized spacial score (nSPS) is 15.3. The van der Waals surface area contributed by atoms with Gasteiger partial charge in [-0.3, -0.25) is 0 Å². The number of ether oxygens (including phenoxy) is 1. The molecule has 202 valence electrons. The van der Waals surface area contributed by atoms with Crippen molar-refractivity contribution in [3.8, 4) is 11.4 Å². The van der Waals surface area contributed by atoms with E-state index < -0.39 is 0 Å². The van der Waals surface area contributed by atoms with Gasteiger partial charge in [-0.2, -0.15) is 5.10 Å². The van der Waals surface area contributed by atoms with Crippen LogP contribution in [0.2, 0.25) is 5.02 Å². The van der Waals surface area contributed by atoms with Gasteiger partial charge in [-0.25, -0.2) is 14.7 Å². The van der Waals surface area contributed by atoms with Crippen LogP contribution in [0.1, 0.15) is 29.8 Å². The molecule has 5 aromatic rings. The van der Waals surface area contributed by atoms with Gasteiger partial charge >= 0.3 is 0 Å². The molecule has 1 aromatic heterocycles. The maximum absolute atomic E-state index is 6.34. The number of rotatable bonds is 5. The molecule has 0 bridgehead atoms. The molecule has 1 N–H and O–H groups in total. The molecule has 0 aliphatic carbocycles. The molecule has 0 radical (unpaired) electrons. The Morgan fingerprint density at radius 1 is 0.878 bits per heavy atom. The maximum atomic E-state index is 6.34. The lowest BCUT2D eigenvalue weighted by molar-refractivity contribution is 0.340. The lowest BCUT2D eigenvalue weighted by Gasteiger charge is -2.40. The van der Waals surface area contributed by atoms with Crippen molar-refractivity contribution in [3.05, 3.63) is 125 Å². The zero-order chi connectivity index (χ0) is 27.9. The SMILES string of the molecule is CCOc1ccc(C2c3c(C)nn(-c4ccccc4)c3N=C3C(Nc4cccc(Cl)c4)=Nc4ccccc4N32)cc1. The van der Waals surface area contributed by atoms with E-state index in [9.17, 15) is 0 Å². The second kappa shape index (κ2) is 10.3. The first kappa shape index (κ1) is 25.1. The standard InChI is InChI=1S/C33H27ClN6O/c1-3-41-26-18-16-22(17-19-26)30-29-21(2)38-40(25-12-5-4-6-13-25)32(29)37-33-31(35-24-11-9-10-23(34)20-24)36-27-14-7-8-15-28(27)39(30)33/h4-20,30H,3H2,1-2H3,(H,35,36). The largest absolute Gasteiger partial charge is 0.494 e. The molecule has 0 saturated heterocycles. The van der Waals surface area contributed by atoms with Crippen LogP contribution in [0.3, 0.4) is 0 Å². The van der Waals surface area contributed by atoms with Crippen molar-refractivity contribution >= 4 is 46.2 Å². The van der Waals surface area contributed by atoms with Gasteiger partial charge < -0.3 is 15.0 Å². The highest BCUT2D eigenvalue weighted by Crippen LogP contribution is 2.48. The molecule has 41 heavy (non-hydrogen) atoms. The predicted octanol–water partition coefficient (Wildman–Crippen LogP) is 8.03. The van der Waals surface area contributed by atoms with Gasteiger partial charge in [-0.15, -0.1) is 0 Å². The van der Waals surface area contributed by atoms with Gasteiger partial charge in [0.25, 0.3) is 0 Å². The molecule has 2 aliphatic heterocycles. The maximum Gasteiger partial charge on any atom is 0.179 e. The Hall–Kier alpha value is -4.88. The Balaban J connectivity index is 1.47. The summed E-state index contributed by atoms with van der Waals surface area (Å²) >= 11 is 6.34. The topological polar surface area (TPSA) is 67.0 Å². The number of nitrogens with zero attached hydrogens (tertiary/aromatic N) is 5. The van der Waals surface area contributed by atoms with E-state index in [1.165, 1.54) is 0 Å². The van der Waals surface area contributed by atoms with E-state index in [2.05, 4.69) is 35.3 Å². The Kier molecular flexibility index (Phi) is 6.29. The van der Waals surface area contributed by atoms with Crippen LogP contribution in [0, 0.1) is 6.92 Å². The quantitative estimate of drug-likeness (QED) is 0.237. The minimum absolute atomic E-state index is 0.210. The zero-order valence-electron chi connectivity index (χ0n) is 22.6. The number of aliphatic imine (C=N–C) groups is 2. The van der Waals surface area contributed by atoms with Crippen LogP contribution in [0.5, 0.6) is 5.75 Å². The lowest BCUT2D eigenvalue weighted by Crippen LogP contribution is -2.46. The molecule has 1 unspecified atom stereocenters. The van der Waals surface area contributed by atoms with Gasteiger partial charge in [0.2, 0.25) is 0 Å². The molecule has 7 nitrogen and oxygen atoms in total. The summed E-state index contributed by atoms with van der Waals surface area (Å²) in [6.07, 6.45) is 0. The number of amidine groups is 2. The summed E-state index contributed by atoms with van der Waals surface area (Å²) in [7, 11) is 0. The van der Waals surface area contributed by atoms with Crippen molar-refractivity contribution in [2.24, 2.45) is 9.98 Å². The highest BCUT2D eigenvalue weighted by molar-refractivity contribution is 6.51. The third-order valence-corrected chi connectivity index (χ3v) is 7.47. The molecular weight excluding hydrogens is 532 g/mol. The molecule has 7 rings (SSSR count). The van der Waals surface area contributed by atoms with Crippen LogP contribution in [0.4, 0.5) is 22.9 Å². The average molecular weight is 559 g/mol. The number of hydrogen-bond acceptors (Lipinski definition) is 6. The van der Waals surface area contributed by atoms with Gasteiger partial charge in [0.05, 0.1) is 35.4 Å². The molecule has 0 saturated carbocycles. The molecule has 2 aliphatic rings. The van der Waals surface area contributed by atoms with E-state index in [1.807, 2.05) is 96.5 Å². The van der Waals surface area contributed by atoms with Gasteiger partial charge in [0, 0.05) is 16.3 Å². The highest BCUT2D eigenvalue weighted by Gasteiger charge is 2.41. The minimum Gasteiger partial charge on any atom is -0.494 e. The first-order valence-corrected chi connectivity index (χ1v) is 13.9. The molecule has 8 heteroatoms. The fraction of sp³-hybridized carbons (Fsp3) is 0.121. The van der Waals surface area contributed by atoms with Gasteiger partial charge in [-0.1, -0.05) is 60.1 Å². The number of anilines is 2. The van der Waals surface area contributed by atoms with Gasteiger partial charge in [-0.05, 0) is 74.0 Å². The summed E-state index contributed by atoms with van der Waals surface area (Å²) in [6, 6.07) is 34.0. The first-order valence-electron chi connectivity index (χ1n) is 13.6. The van der Waals surface area contributed by atoms with Crippen LogP contribution in [0.25, 0.3) is 5.69 Å². The van der Waals surface area contributed by atoms with Crippen molar-refractivity contribution in [2.45, 2.75) is 19.9 Å². The van der Waals surface area contributed by atoms with Crippen molar-refractivity contribution in [1.82, 2.24) is 9.78 Å². The van der Waals surface area contributed by atoms with Crippen LogP contribution in [-0.2, 0) is 0 Å². The Morgan fingerprint density at radius 3 is 2.44 bits per heavy atom. The Labute approximate surface area is 243 Å². The lowest BCUT2D eigenvalue weighted by atomic mass is 9.93. The molecule has 4 aromatic carbocycles. The second-order valence-corrected chi connectivity index (χ2v) is 10.3. The number of fused-ring (bicyclic) bond motifs is 4. The number of benzene rings is 4. The number of nitrogens with one attached hydrogen (secondary N) is 1. The Morgan fingerprint density at radius 2 is 1.66 bits per heavy atom. The van der Waals surface area contributed by atoms with E-state index in [-0.39, 0.29) is 6.04 Å². The zero-order valence-corrected chi connectivity index (χ0v) is 23.4. The number of aromatic nitrogens is 2. The number of halogens is 1. The monoisotopic (exact) mass is 558 g/mol. The number of aryl methyl sites for hydroxylation is 1. The fourth-order valence-corrected chi connectivity index (χ4v) is 5.67. The molecule has 1 atom stereocenters. The smallest absolute Gasteiger partial charge is 0.179 e. The van der Waals surface area contributed by atoms with Crippen molar-refractivity contribution in [1.29, 1.82) is 0 Å². The van der Waals surface area contributed by atoms with Crippen LogP contribution < -0.4 is 15.0 Å². The van der Waals surface area contributed by atoms with Crippen LogP contribution >= 0.6 is 11.6 Å². The summed E-state index contributed by atoms with van der Waals surface area (Å²) in [6.45, 7) is 4.65. The van der Waals surface area contributed by atoms with Gasteiger partial charge in [0.1, 0.15) is 5.75 Å². The highest BCUT2D eigenvalue weighted by atomic mass is 35.5. The minimum atomic E-state index is -0.210. The van der Waals surface area contributed by atoms with Crippen molar-refractivity contribution in [3.63, 3.8) is 0 Å². The first-order chi connectivity index (χ1) is 20.1. The van der Waals surface area contributed by atoms with Crippen LogP contribution in [-0.4, -0.2) is 28.1 Å². The Bertz CT molecular complexity index is 1810. The number of para-hydroxylation sites is 3. The average Bonchev–Trinajstić information content (AvgIpc) is 3.33. The summed E-state index contributed by atoms with van der Waals surface area (Å²) in [5, 5.41) is 9.14. The third-order valence-electron chi connectivity index (χ3n) is 7.23. The third kappa shape index (κ3) is 4.44. The molecule has 3 heterocycles. The fourth-order valence-electron chi connectivity index (χ4n) is 5.48. The molecule has 0 spiro atoms. The molecular formula is C33H27ClN6O. The summed E-state index contributed by atoms with van der Waals surface area (Å²) in [5.41, 5.74) is 6.64. The van der Waals surface area contributed by atoms with Gasteiger partial charge in [0.15, 0.2) is 17.5 Å².